The van der Waals surface area contributed by atoms with Gasteiger partial charge in [-0.3, -0.25) is 0 Å². The molecular formula is C7H4Br2F3NO. The van der Waals surface area contributed by atoms with Crippen LogP contribution in [0, 0.1) is 6.92 Å². The highest BCUT2D eigenvalue weighted by atomic mass is 79.9. The molecule has 0 saturated heterocycles. The number of rotatable bonds is 1. The Kier molecular flexibility index (Phi) is 3.41. The lowest BCUT2D eigenvalue weighted by atomic mass is 10.3. The minimum absolute atomic E-state index is 0.148. The molecule has 0 saturated carbocycles. The van der Waals surface area contributed by atoms with Crippen LogP contribution in [0.25, 0.3) is 0 Å². The minimum Gasteiger partial charge on any atom is -0.387 e. The molecule has 0 aromatic carbocycles. The van der Waals surface area contributed by atoms with Gasteiger partial charge in [-0.1, -0.05) is 0 Å². The van der Waals surface area contributed by atoms with Crippen LogP contribution in [0.2, 0.25) is 0 Å². The van der Waals surface area contributed by atoms with Gasteiger partial charge in [0.2, 0.25) is 5.88 Å². The number of hydrogen-bond donors (Lipinski definition) is 0. The third kappa shape index (κ3) is 2.84. The molecule has 0 amide bonds. The van der Waals surface area contributed by atoms with Crippen molar-refractivity contribution >= 4 is 31.9 Å². The first-order valence-electron chi connectivity index (χ1n) is 3.37. The summed E-state index contributed by atoms with van der Waals surface area (Å²) in [4.78, 5) is 3.50. The second kappa shape index (κ2) is 4.06. The molecule has 1 aromatic rings. The molecular weight excluding hydrogens is 331 g/mol. The fourth-order valence-corrected chi connectivity index (χ4v) is 1.48. The van der Waals surface area contributed by atoms with E-state index in [2.05, 4.69) is 41.6 Å². The van der Waals surface area contributed by atoms with E-state index in [4.69, 9.17) is 0 Å². The molecule has 1 heterocycles. The van der Waals surface area contributed by atoms with E-state index < -0.39 is 12.2 Å². The lowest BCUT2D eigenvalue weighted by Crippen LogP contribution is -2.18. The second-order valence-electron chi connectivity index (χ2n) is 2.42. The first-order valence-corrected chi connectivity index (χ1v) is 4.96. The van der Waals surface area contributed by atoms with Gasteiger partial charge in [0, 0.05) is 10.7 Å². The largest absolute Gasteiger partial charge is 0.574 e. The average Bonchev–Trinajstić information content (AvgIpc) is 2.04. The summed E-state index contributed by atoms with van der Waals surface area (Å²) < 4.78 is 39.9. The number of nitrogens with zero attached hydrogens (tertiary/aromatic N) is 1. The van der Waals surface area contributed by atoms with Gasteiger partial charge in [0.1, 0.15) is 0 Å². The van der Waals surface area contributed by atoms with Crippen molar-refractivity contribution in [3.8, 4) is 5.88 Å². The first kappa shape index (κ1) is 11.8. The van der Waals surface area contributed by atoms with E-state index in [1.807, 2.05) is 0 Å². The van der Waals surface area contributed by atoms with E-state index in [0.717, 1.165) is 0 Å². The summed E-state index contributed by atoms with van der Waals surface area (Å²) in [5, 5.41) is 0. The molecule has 7 heteroatoms. The molecule has 0 N–H and O–H groups in total. The highest BCUT2D eigenvalue weighted by Crippen LogP contribution is 2.35. The zero-order chi connectivity index (χ0) is 10.9. The van der Waals surface area contributed by atoms with E-state index in [0.29, 0.717) is 10.0 Å². The third-order valence-corrected chi connectivity index (χ3v) is 3.60. The molecule has 0 spiro atoms. The van der Waals surface area contributed by atoms with Gasteiger partial charge in [0.25, 0.3) is 0 Å². The number of aromatic nitrogens is 1. The molecule has 0 aliphatic carbocycles. The van der Waals surface area contributed by atoms with Crippen molar-refractivity contribution in [1.82, 2.24) is 4.98 Å². The van der Waals surface area contributed by atoms with E-state index in [-0.39, 0.29) is 4.47 Å². The summed E-state index contributed by atoms with van der Waals surface area (Å²) in [5.74, 6) is -0.505. The Balaban J connectivity index is 3.06. The molecule has 1 rings (SSSR count). The van der Waals surface area contributed by atoms with Crippen molar-refractivity contribution in [3.05, 3.63) is 20.7 Å². The monoisotopic (exact) mass is 333 g/mol. The van der Waals surface area contributed by atoms with Gasteiger partial charge >= 0.3 is 6.36 Å². The van der Waals surface area contributed by atoms with E-state index in [9.17, 15) is 13.2 Å². The highest BCUT2D eigenvalue weighted by Gasteiger charge is 2.33. The van der Waals surface area contributed by atoms with Crippen molar-refractivity contribution in [2.45, 2.75) is 13.3 Å². The fraction of sp³-hybridized carbons (Fsp3) is 0.286. The lowest BCUT2D eigenvalue weighted by Gasteiger charge is -2.10. The summed E-state index contributed by atoms with van der Waals surface area (Å²) in [6.07, 6.45) is -3.44. The Hall–Kier alpha value is -0.300. The molecule has 0 fully saturated rings. The Morgan fingerprint density at radius 3 is 2.36 bits per heavy atom. The zero-order valence-electron chi connectivity index (χ0n) is 6.82. The molecule has 78 valence electrons. The molecule has 0 radical (unpaired) electrons. The van der Waals surface area contributed by atoms with Crippen molar-refractivity contribution in [2.24, 2.45) is 0 Å². The summed E-state index contributed by atoms with van der Waals surface area (Å²) in [6.45, 7) is 1.71. The standard InChI is InChI=1S/C7H4Br2F3NO/c1-3-2-13-6(5(9)4(3)8)14-7(10,11)12/h2H,1H3. The maximum atomic E-state index is 11.9. The molecule has 0 bridgehead atoms. The molecule has 0 unspecified atom stereocenters. The Morgan fingerprint density at radius 1 is 1.29 bits per heavy atom. The maximum absolute atomic E-state index is 11.9. The van der Waals surface area contributed by atoms with Crippen molar-refractivity contribution in [2.75, 3.05) is 0 Å². The summed E-state index contributed by atoms with van der Waals surface area (Å²) in [5.41, 5.74) is 0.714. The van der Waals surface area contributed by atoms with Crippen LogP contribution in [0.5, 0.6) is 5.88 Å². The quantitative estimate of drug-likeness (QED) is 0.779. The van der Waals surface area contributed by atoms with Gasteiger partial charge < -0.3 is 4.74 Å². The fourth-order valence-electron chi connectivity index (χ4n) is 0.717. The SMILES string of the molecule is Cc1cnc(OC(F)(F)F)c(Br)c1Br. The Morgan fingerprint density at radius 2 is 1.86 bits per heavy atom. The second-order valence-corrected chi connectivity index (χ2v) is 4.01. The first-order chi connectivity index (χ1) is 6.31. The van der Waals surface area contributed by atoms with Crippen LogP contribution in [0.1, 0.15) is 5.56 Å². The van der Waals surface area contributed by atoms with Gasteiger partial charge in [0.05, 0.1) is 4.47 Å². The summed E-state index contributed by atoms with van der Waals surface area (Å²) >= 11 is 6.05. The number of aryl methyl sites for hydroxylation is 1. The predicted molar refractivity (Wildman–Crippen MR) is 51.1 cm³/mol. The number of hydrogen-bond acceptors (Lipinski definition) is 2. The molecule has 1 aromatic heterocycles. The lowest BCUT2D eigenvalue weighted by molar-refractivity contribution is -0.276. The van der Waals surface area contributed by atoms with Gasteiger partial charge in [-0.15, -0.1) is 13.2 Å². The molecule has 0 aliphatic heterocycles. The van der Waals surface area contributed by atoms with Crippen LogP contribution in [0.3, 0.4) is 0 Å². The molecule has 2 nitrogen and oxygen atoms in total. The van der Waals surface area contributed by atoms with Crippen LogP contribution < -0.4 is 4.74 Å². The van der Waals surface area contributed by atoms with Gasteiger partial charge in [0.15, 0.2) is 0 Å². The predicted octanol–water partition coefficient (Wildman–Crippen LogP) is 3.81. The van der Waals surface area contributed by atoms with Gasteiger partial charge in [-0.2, -0.15) is 0 Å². The van der Waals surface area contributed by atoms with Crippen molar-refractivity contribution < 1.29 is 17.9 Å². The van der Waals surface area contributed by atoms with Crippen LogP contribution >= 0.6 is 31.9 Å². The third-order valence-electron chi connectivity index (χ3n) is 1.31. The van der Waals surface area contributed by atoms with Crippen LogP contribution in [-0.4, -0.2) is 11.3 Å². The summed E-state index contributed by atoms with van der Waals surface area (Å²) in [7, 11) is 0. The number of ether oxygens (including phenoxy) is 1. The van der Waals surface area contributed by atoms with Crippen LogP contribution in [-0.2, 0) is 0 Å². The van der Waals surface area contributed by atoms with Crippen LogP contribution in [0.4, 0.5) is 13.2 Å². The highest BCUT2D eigenvalue weighted by molar-refractivity contribution is 9.13. The Labute approximate surface area is 94.7 Å². The molecule has 14 heavy (non-hydrogen) atoms. The maximum Gasteiger partial charge on any atom is 0.574 e. The molecule has 0 atom stereocenters. The van der Waals surface area contributed by atoms with Gasteiger partial charge in [-0.25, -0.2) is 4.98 Å². The van der Waals surface area contributed by atoms with Crippen molar-refractivity contribution in [1.29, 1.82) is 0 Å². The van der Waals surface area contributed by atoms with E-state index >= 15 is 0 Å². The van der Waals surface area contributed by atoms with E-state index in [1.54, 1.807) is 6.92 Å². The normalized spacial score (nSPS) is 11.6. The minimum atomic E-state index is -4.73. The number of halogens is 5. The molecule has 0 aliphatic rings. The van der Waals surface area contributed by atoms with Crippen molar-refractivity contribution in [3.63, 3.8) is 0 Å². The summed E-state index contributed by atoms with van der Waals surface area (Å²) in [6, 6.07) is 0. The van der Waals surface area contributed by atoms with Gasteiger partial charge in [-0.05, 0) is 44.3 Å². The zero-order valence-corrected chi connectivity index (χ0v) is 9.99. The van der Waals surface area contributed by atoms with E-state index in [1.165, 1.54) is 6.20 Å². The number of pyridine rings is 1. The smallest absolute Gasteiger partial charge is 0.387 e. The average molecular weight is 335 g/mol. The topological polar surface area (TPSA) is 22.1 Å². The number of alkyl halides is 3. The Bertz CT molecular complexity index is 354. The van der Waals surface area contributed by atoms with Crippen LogP contribution in [0.15, 0.2) is 15.1 Å².